The minimum Gasteiger partial charge on any atom is -0.492 e. The molecule has 0 N–H and O–H groups in total. The van der Waals surface area contributed by atoms with Crippen molar-refractivity contribution in [3.05, 3.63) is 47.0 Å². The Hall–Kier alpha value is -2.36. The van der Waals surface area contributed by atoms with Gasteiger partial charge in [-0.15, -0.1) is 0 Å². The topological polar surface area (TPSA) is 36.9 Å². The number of ether oxygens (including phenoxy) is 4. The molecule has 0 fully saturated rings. The Balaban J connectivity index is 2.48. The van der Waals surface area contributed by atoms with Gasteiger partial charge in [-0.05, 0) is 25.3 Å². The lowest BCUT2D eigenvalue weighted by Gasteiger charge is -2.21. The van der Waals surface area contributed by atoms with Gasteiger partial charge < -0.3 is 18.9 Å². The normalized spacial score (nSPS) is 10.3. The summed E-state index contributed by atoms with van der Waals surface area (Å²) in [6.07, 6.45) is 1.74. The quantitative estimate of drug-likeness (QED) is 0.778. The maximum Gasteiger partial charge on any atom is 0.207 e. The fourth-order valence-electron chi connectivity index (χ4n) is 2.87. The standard InChI is InChI=1S/C19H24O4/c1-13-15(12-11-14-9-7-6-8-10-14)17(21-3)19(23-5)18(22-4)16(13)20-2/h6-10H,11-12H2,1-5H3. The maximum absolute atomic E-state index is 5.62. The third-order valence-corrected chi connectivity index (χ3v) is 4.01. The average Bonchev–Trinajstić information content (AvgIpc) is 2.60. The van der Waals surface area contributed by atoms with Gasteiger partial charge in [-0.25, -0.2) is 0 Å². The molecule has 0 aliphatic carbocycles. The Kier molecular flexibility index (Phi) is 5.74. The number of hydrogen-bond acceptors (Lipinski definition) is 4. The first kappa shape index (κ1) is 17.0. The molecule has 0 unspecified atom stereocenters. The van der Waals surface area contributed by atoms with E-state index >= 15 is 0 Å². The van der Waals surface area contributed by atoms with Crippen molar-refractivity contribution in [2.45, 2.75) is 19.8 Å². The zero-order chi connectivity index (χ0) is 16.8. The molecule has 0 spiro atoms. The summed E-state index contributed by atoms with van der Waals surface area (Å²) in [4.78, 5) is 0. The first-order valence-electron chi connectivity index (χ1n) is 7.57. The van der Waals surface area contributed by atoms with Crippen LogP contribution in [-0.4, -0.2) is 28.4 Å². The van der Waals surface area contributed by atoms with Crippen molar-refractivity contribution < 1.29 is 18.9 Å². The third-order valence-electron chi connectivity index (χ3n) is 4.01. The highest BCUT2D eigenvalue weighted by Crippen LogP contribution is 2.49. The Morgan fingerprint density at radius 3 is 1.70 bits per heavy atom. The second-order valence-electron chi connectivity index (χ2n) is 5.22. The van der Waals surface area contributed by atoms with Gasteiger partial charge in [0.1, 0.15) is 0 Å². The number of benzene rings is 2. The van der Waals surface area contributed by atoms with Crippen molar-refractivity contribution in [1.82, 2.24) is 0 Å². The van der Waals surface area contributed by atoms with Crippen molar-refractivity contribution >= 4 is 0 Å². The molecule has 2 aromatic carbocycles. The number of methoxy groups -OCH3 is 4. The zero-order valence-corrected chi connectivity index (χ0v) is 14.4. The van der Waals surface area contributed by atoms with E-state index in [1.807, 2.05) is 13.0 Å². The van der Waals surface area contributed by atoms with Crippen LogP contribution in [0.2, 0.25) is 0 Å². The molecule has 2 aromatic rings. The van der Waals surface area contributed by atoms with Gasteiger partial charge in [-0.3, -0.25) is 0 Å². The SMILES string of the molecule is COc1c(C)c(CCc2ccccc2)c(OC)c(OC)c1OC. The van der Waals surface area contributed by atoms with Gasteiger partial charge >= 0.3 is 0 Å². The van der Waals surface area contributed by atoms with E-state index < -0.39 is 0 Å². The monoisotopic (exact) mass is 316 g/mol. The van der Waals surface area contributed by atoms with Crippen LogP contribution in [0.25, 0.3) is 0 Å². The van der Waals surface area contributed by atoms with E-state index in [4.69, 9.17) is 18.9 Å². The third kappa shape index (κ3) is 3.36. The summed E-state index contributed by atoms with van der Waals surface area (Å²) in [5, 5.41) is 0. The fraction of sp³-hybridized carbons (Fsp3) is 0.368. The van der Waals surface area contributed by atoms with Crippen molar-refractivity contribution in [3.63, 3.8) is 0 Å². The Labute approximate surface area is 137 Å². The predicted octanol–water partition coefficient (Wildman–Crippen LogP) is 3.81. The smallest absolute Gasteiger partial charge is 0.207 e. The predicted molar refractivity (Wildman–Crippen MR) is 91.2 cm³/mol. The van der Waals surface area contributed by atoms with E-state index in [-0.39, 0.29) is 0 Å². The van der Waals surface area contributed by atoms with Gasteiger partial charge in [0.2, 0.25) is 11.5 Å². The van der Waals surface area contributed by atoms with Crippen molar-refractivity contribution in [2.24, 2.45) is 0 Å². The van der Waals surface area contributed by atoms with Gasteiger partial charge in [-0.2, -0.15) is 0 Å². The van der Waals surface area contributed by atoms with Crippen molar-refractivity contribution in [3.8, 4) is 23.0 Å². The molecule has 4 nitrogen and oxygen atoms in total. The lowest BCUT2D eigenvalue weighted by Crippen LogP contribution is -2.05. The number of hydrogen-bond donors (Lipinski definition) is 0. The van der Waals surface area contributed by atoms with Gasteiger partial charge in [0, 0.05) is 11.1 Å². The highest BCUT2D eigenvalue weighted by molar-refractivity contribution is 5.67. The lowest BCUT2D eigenvalue weighted by molar-refractivity contribution is 0.302. The summed E-state index contributed by atoms with van der Waals surface area (Å²) < 4.78 is 22.1. The van der Waals surface area contributed by atoms with E-state index in [1.54, 1.807) is 28.4 Å². The number of rotatable bonds is 7. The summed E-state index contributed by atoms with van der Waals surface area (Å²) in [5.74, 6) is 2.53. The van der Waals surface area contributed by atoms with Crippen LogP contribution in [0.4, 0.5) is 0 Å². The summed E-state index contributed by atoms with van der Waals surface area (Å²) in [5.41, 5.74) is 3.37. The van der Waals surface area contributed by atoms with Crippen LogP contribution in [0, 0.1) is 6.92 Å². The van der Waals surface area contributed by atoms with Crippen LogP contribution in [0.3, 0.4) is 0 Å². The highest BCUT2D eigenvalue weighted by atomic mass is 16.5. The first-order chi connectivity index (χ1) is 11.2. The van der Waals surface area contributed by atoms with Gasteiger partial charge in [0.25, 0.3) is 0 Å². The molecule has 0 aromatic heterocycles. The van der Waals surface area contributed by atoms with E-state index in [2.05, 4.69) is 24.3 Å². The Morgan fingerprint density at radius 1 is 0.652 bits per heavy atom. The Bertz CT molecular complexity index is 650. The first-order valence-corrected chi connectivity index (χ1v) is 7.57. The molecule has 0 saturated heterocycles. The molecular weight excluding hydrogens is 292 g/mol. The molecule has 0 radical (unpaired) electrons. The molecule has 0 atom stereocenters. The molecule has 0 bridgehead atoms. The highest BCUT2D eigenvalue weighted by Gasteiger charge is 2.24. The van der Waals surface area contributed by atoms with Crippen LogP contribution in [-0.2, 0) is 12.8 Å². The van der Waals surface area contributed by atoms with Gasteiger partial charge in [0.05, 0.1) is 28.4 Å². The second-order valence-corrected chi connectivity index (χ2v) is 5.22. The van der Waals surface area contributed by atoms with E-state index in [0.29, 0.717) is 23.0 Å². The van der Waals surface area contributed by atoms with Crippen LogP contribution in [0.1, 0.15) is 16.7 Å². The van der Waals surface area contributed by atoms with E-state index in [0.717, 1.165) is 24.0 Å². The zero-order valence-electron chi connectivity index (χ0n) is 14.4. The molecule has 23 heavy (non-hydrogen) atoms. The minimum absolute atomic E-state index is 0.563. The Morgan fingerprint density at radius 2 is 1.17 bits per heavy atom. The summed E-state index contributed by atoms with van der Waals surface area (Å²) in [6, 6.07) is 10.4. The van der Waals surface area contributed by atoms with E-state index in [9.17, 15) is 0 Å². The summed E-state index contributed by atoms with van der Waals surface area (Å²) in [7, 11) is 6.49. The van der Waals surface area contributed by atoms with Crippen molar-refractivity contribution in [1.29, 1.82) is 0 Å². The molecule has 0 aliphatic rings. The lowest BCUT2D eigenvalue weighted by atomic mass is 9.97. The maximum atomic E-state index is 5.62. The molecule has 0 heterocycles. The van der Waals surface area contributed by atoms with E-state index in [1.165, 1.54) is 5.56 Å². The molecule has 0 saturated carbocycles. The van der Waals surface area contributed by atoms with Crippen LogP contribution in [0.5, 0.6) is 23.0 Å². The fourth-order valence-corrected chi connectivity index (χ4v) is 2.87. The minimum atomic E-state index is 0.563. The van der Waals surface area contributed by atoms with Gasteiger partial charge in [-0.1, -0.05) is 30.3 Å². The molecule has 0 aliphatic heterocycles. The van der Waals surface area contributed by atoms with Crippen LogP contribution >= 0.6 is 0 Å². The summed E-state index contributed by atoms with van der Waals surface area (Å²) in [6.45, 7) is 2.02. The summed E-state index contributed by atoms with van der Waals surface area (Å²) >= 11 is 0. The number of aryl methyl sites for hydroxylation is 1. The molecule has 2 rings (SSSR count). The second kappa shape index (κ2) is 7.77. The van der Waals surface area contributed by atoms with Gasteiger partial charge in [0.15, 0.2) is 11.5 Å². The molecule has 124 valence electrons. The molecule has 0 amide bonds. The molecular formula is C19H24O4. The largest absolute Gasteiger partial charge is 0.492 e. The average molecular weight is 316 g/mol. The molecule has 4 heteroatoms. The van der Waals surface area contributed by atoms with Crippen molar-refractivity contribution in [2.75, 3.05) is 28.4 Å². The van der Waals surface area contributed by atoms with Crippen LogP contribution < -0.4 is 18.9 Å². The van der Waals surface area contributed by atoms with Crippen LogP contribution in [0.15, 0.2) is 30.3 Å².